The number of aliphatic carboxylic acids is 1. The van der Waals surface area contributed by atoms with Gasteiger partial charge in [-0.25, -0.2) is 0 Å². The molecule has 0 unspecified atom stereocenters. The van der Waals surface area contributed by atoms with Gasteiger partial charge in [0.15, 0.2) is 0 Å². The second kappa shape index (κ2) is 7.85. The van der Waals surface area contributed by atoms with Crippen LogP contribution in [-0.2, 0) is 11.2 Å². The summed E-state index contributed by atoms with van der Waals surface area (Å²) < 4.78 is 0. The second-order valence-corrected chi connectivity index (χ2v) is 7.36. The van der Waals surface area contributed by atoms with Crippen molar-refractivity contribution in [2.24, 2.45) is 0 Å². The number of carboxylic acids is 1. The van der Waals surface area contributed by atoms with Gasteiger partial charge in [-0.2, -0.15) is 0 Å². The van der Waals surface area contributed by atoms with Crippen molar-refractivity contribution in [2.75, 3.05) is 13.1 Å². The van der Waals surface area contributed by atoms with Crippen LogP contribution in [0.15, 0.2) is 66.7 Å². The highest BCUT2D eigenvalue weighted by molar-refractivity contribution is 6.07. The summed E-state index contributed by atoms with van der Waals surface area (Å²) in [7, 11) is 0. The van der Waals surface area contributed by atoms with E-state index in [1.165, 1.54) is 0 Å². The van der Waals surface area contributed by atoms with E-state index in [1.807, 2.05) is 71.6 Å². The minimum absolute atomic E-state index is 0.0469. The number of carboxylic acid groups (broad SMARTS) is 1. The Balaban J connectivity index is 1.50. The Bertz CT molecular complexity index is 1010. The van der Waals surface area contributed by atoms with Gasteiger partial charge in [-0.15, -0.1) is 0 Å². The minimum atomic E-state index is -0.809. The van der Waals surface area contributed by atoms with E-state index in [4.69, 9.17) is 5.11 Å². The number of piperidine rings is 1. The van der Waals surface area contributed by atoms with Gasteiger partial charge in [0.25, 0.3) is 5.91 Å². The maximum Gasteiger partial charge on any atom is 0.307 e. The number of amides is 1. The quantitative estimate of drug-likeness (QED) is 0.733. The van der Waals surface area contributed by atoms with Crippen molar-refractivity contribution in [1.29, 1.82) is 0 Å². The van der Waals surface area contributed by atoms with Gasteiger partial charge in [0.2, 0.25) is 0 Å². The molecule has 1 aliphatic rings. The normalized spacial score (nSPS) is 14.9. The molecule has 0 aliphatic carbocycles. The number of hydrogen-bond donors (Lipinski definition) is 1. The highest BCUT2D eigenvalue weighted by Gasteiger charge is 2.26. The van der Waals surface area contributed by atoms with Crippen LogP contribution in [0.3, 0.4) is 0 Å². The van der Waals surface area contributed by atoms with E-state index in [0.29, 0.717) is 19.0 Å². The summed E-state index contributed by atoms with van der Waals surface area (Å²) in [4.78, 5) is 26.2. The zero-order valence-corrected chi connectivity index (χ0v) is 15.7. The van der Waals surface area contributed by atoms with Crippen molar-refractivity contribution in [2.45, 2.75) is 25.2 Å². The molecular weight excluding hydrogens is 350 g/mol. The summed E-state index contributed by atoms with van der Waals surface area (Å²) in [6, 6.07) is 21.6. The predicted octanol–water partition coefficient (Wildman–Crippen LogP) is 4.49. The summed E-state index contributed by atoms with van der Waals surface area (Å²) in [6.07, 6.45) is 1.76. The number of hydrogen-bond acceptors (Lipinski definition) is 2. The first-order valence-corrected chi connectivity index (χ1v) is 9.70. The van der Waals surface area contributed by atoms with Crippen LogP contribution < -0.4 is 0 Å². The Hall–Kier alpha value is -3.14. The standard InChI is InChI=1S/C24H23NO3/c26-23(27)16-19-7-2-3-9-20(19)18-12-14-25(15-13-18)24(28)22-11-5-8-17-6-1-4-10-21(17)22/h1-11,18H,12-16H2,(H,26,27). The first-order valence-electron chi connectivity index (χ1n) is 9.70. The summed E-state index contributed by atoms with van der Waals surface area (Å²) in [5, 5.41) is 11.2. The molecular formula is C24H23NO3. The fourth-order valence-corrected chi connectivity index (χ4v) is 4.23. The Kier molecular flexibility index (Phi) is 5.11. The van der Waals surface area contributed by atoms with Crippen LogP contribution in [0.25, 0.3) is 10.8 Å². The molecule has 1 N–H and O–H groups in total. The lowest BCUT2D eigenvalue weighted by Gasteiger charge is -2.33. The molecule has 0 bridgehead atoms. The number of likely N-dealkylation sites (tertiary alicyclic amines) is 1. The molecule has 4 nitrogen and oxygen atoms in total. The van der Waals surface area contributed by atoms with Crippen LogP contribution in [0.4, 0.5) is 0 Å². The molecule has 1 heterocycles. The van der Waals surface area contributed by atoms with E-state index >= 15 is 0 Å². The fourth-order valence-electron chi connectivity index (χ4n) is 4.23. The molecule has 142 valence electrons. The highest BCUT2D eigenvalue weighted by atomic mass is 16.4. The highest BCUT2D eigenvalue weighted by Crippen LogP contribution is 2.32. The van der Waals surface area contributed by atoms with Gasteiger partial charge in [-0.1, -0.05) is 60.7 Å². The molecule has 3 aromatic rings. The molecule has 0 atom stereocenters. The third-order valence-corrected chi connectivity index (χ3v) is 5.64. The monoisotopic (exact) mass is 373 g/mol. The van der Waals surface area contributed by atoms with Crippen LogP contribution in [0.5, 0.6) is 0 Å². The van der Waals surface area contributed by atoms with Crippen molar-refractivity contribution in [3.63, 3.8) is 0 Å². The number of fused-ring (bicyclic) bond motifs is 1. The number of carbonyl (C=O) groups excluding carboxylic acids is 1. The van der Waals surface area contributed by atoms with E-state index in [9.17, 15) is 9.59 Å². The molecule has 1 fully saturated rings. The van der Waals surface area contributed by atoms with Gasteiger partial charge in [-0.3, -0.25) is 9.59 Å². The maximum absolute atomic E-state index is 13.1. The lowest BCUT2D eigenvalue weighted by molar-refractivity contribution is -0.136. The van der Waals surface area contributed by atoms with E-state index in [0.717, 1.165) is 40.3 Å². The number of carbonyl (C=O) groups is 2. The molecule has 3 aromatic carbocycles. The van der Waals surface area contributed by atoms with E-state index in [2.05, 4.69) is 0 Å². The van der Waals surface area contributed by atoms with Gasteiger partial charge >= 0.3 is 5.97 Å². The number of benzene rings is 3. The number of nitrogens with zero attached hydrogens (tertiary/aromatic N) is 1. The van der Waals surface area contributed by atoms with Crippen LogP contribution in [0.1, 0.15) is 40.2 Å². The van der Waals surface area contributed by atoms with Crippen molar-refractivity contribution < 1.29 is 14.7 Å². The lowest BCUT2D eigenvalue weighted by atomic mass is 9.85. The second-order valence-electron chi connectivity index (χ2n) is 7.36. The molecule has 0 aromatic heterocycles. The summed E-state index contributed by atoms with van der Waals surface area (Å²) in [5.74, 6) is -0.433. The first kappa shape index (κ1) is 18.2. The van der Waals surface area contributed by atoms with E-state index in [-0.39, 0.29) is 12.3 Å². The lowest BCUT2D eigenvalue weighted by Crippen LogP contribution is -2.38. The fraction of sp³-hybridized carbons (Fsp3) is 0.250. The predicted molar refractivity (Wildman–Crippen MR) is 110 cm³/mol. The van der Waals surface area contributed by atoms with Gasteiger partial charge in [0, 0.05) is 18.7 Å². The van der Waals surface area contributed by atoms with Gasteiger partial charge < -0.3 is 10.0 Å². The Morgan fingerprint density at radius 1 is 0.893 bits per heavy atom. The van der Waals surface area contributed by atoms with Crippen molar-refractivity contribution >= 4 is 22.6 Å². The van der Waals surface area contributed by atoms with Gasteiger partial charge in [0.05, 0.1) is 6.42 Å². The summed E-state index contributed by atoms with van der Waals surface area (Å²) >= 11 is 0. The molecule has 1 saturated heterocycles. The van der Waals surface area contributed by atoms with Gasteiger partial charge in [-0.05, 0) is 46.7 Å². The van der Waals surface area contributed by atoms with Crippen LogP contribution in [0, 0.1) is 0 Å². The first-order chi connectivity index (χ1) is 13.6. The number of rotatable bonds is 4. The molecule has 0 radical (unpaired) electrons. The van der Waals surface area contributed by atoms with E-state index in [1.54, 1.807) is 0 Å². The zero-order chi connectivity index (χ0) is 19.5. The minimum Gasteiger partial charge on any atom is -0.481 e. The Labute approximate surface area is 164 Å². The molecule has 28 heavy (non-hydrogen) atoms. The molecule has 1 aliphatic heterocycles. The van der Waals surface area contributed by atoms with E-state index < -0.39 is 5.97 Å². The molecule has 4 rings (SSSR count). The van der Waals surface area contributed by atoms with Crippen molar-refractivity contribution in [1.82, 2.24) is 4.90 Å². The smallest absolute Gasteiger partial charge is 0.307 e. The zero-order valence-electron chi connectivity index (χ0n) is 15.7. The van der Waals surface area contributed by atoms with Crippen LogP contribution >= 0.6 is 0 Å². The molecule has 0 spiro atoms. The third kappa shape index (κ3) is 3.63. The average molecular weight is 373 g/mol. The Morgan fingerprint density at radius 2 is 1.57 bits per heavy atom. The SMILES string of the molecule is O=C(O)Cc1ccccc1C1CCN(C(=O)c2cccc3ccccc23)CC1. The largest absolute Gasteiger partial charge is 0.481 e. The molecule has 1 amide bonds. The Morgan fingerprint density at radius 3 is 2.36 bits per heavy atom. The van der Waals surface area contributed by atoms with Crippen molar-refractivity contribution in [3.05, 3.63) is 83.4 Å². The van der Waals surface area contributed by atoms with Crippen LogP contribution in [-0.4, -0.2) is 35.0 Å². The topological polar surface area (TPSA) is 57.6 Å². The summed E-state index contributed by atoms with van der Waals surface area (Å²) in [5.41, 5.74) is 2.75. The molecule has 4 heteroatoms. The molecule has 0 saturated carbocycles. The average Bonchev–Trinajstić information content (AvgIpc) is 2.73. The third-order valence-electron chi connectivity index (χ3n) is 5.64. The van der Waals surface area contributed by atoms with Gasteiger partial charge in [0.1, 0.15) is 0 Å². The van der Waals surface area contributed by atoms with Crippen LogP contribution in [0.2, 0.25) is 0 Å². The summed E-state index contributed by atoms with van der Waals surface area (Å²) in [6.45, 7) is 1.38. The maximum atomic E-state index is 13.1. The van der Waals surface area contributed by atoms with Crippen molar-refractivity contribution in [3.8, 4) is 0 Å².